The number of thiazole rings is 1. The van der Waals surface area contributed by atoms with Crippen molar-refractivity contribution in [1.29, 1.82) is 0 Å². The maximum atomic E-state index is 11.7. The molecule has 92 valence electrons. The minimum atomic E-state index is -0.274. The second kappa shape index (κ2) is 4.58. The van der Waals surface area contributed by atoms with E-state index in [1.165, 1.54) is 0 Å². The van der Waals surface area contributed by atoms with Crippen LogP contribution in [0, 0.1) is 0 Å². The molecular formula is C12H16N2O2S. The second-order valence-corrected chi connectivity index (χ2v) is 5.81. The first-order valence-electron chi connectivity index (χ1n) is 5.51. The van der Waals surface area contributed by atoms with Crippen molar-refractivity contribution in [3.05, 3.63) is 23.5 Å². The number of ether oxygens (including phenoxy) is 1. The number of imidazole rings is 1. The number of hydrogen-bond donors (Lipinski definition) is 0. The lowest BCUT2D eigenvalue weighted by atomic mass is 10.2. The Morgan fingerprint density at radius 2 is 2.29 bits per heavy atom. The molecule has 0 amide bonds. The van der Waals surface area contributed by atoms with E-state index in [0.29, 0.717) is 6.42 Å². The molecule has 0 saturated heterocycles. The van der Waals surface area contributed by atoms with Crippen LogP contribution in [0.15, 0.2) is 17.8 Å². The zero-order chi connectivity index (χ0) is 12.5. The van der Waals surface area contributed by atoms with Gasteiger partial charge in [-0.25, -0.2) is 4.98 Å². The van der Waals surface area contributed by atoms with Crippen molar-refractivity contribution in [3.63, 3.8) is 0 Å². The van der Waals surface area contributed by atoms with Crippen LogP contribution in [0.1, 0.15) is 26.5 Å². The number of hydrogen-bond acceptors (Lipinski definition) is 4. The van der Waals surface area contributed by atoms with Crippen molar-refractivity contribution < 1.29 is 9.53 Å². The highest BCUT2D eigenvalue weighted by Crippen LogP contribution is 2.12. The summed E-state index contributed by atoms with van der Waals surface area (Å²) >= 11 is 1.56. The van der Waals surface area contributed by atoms with Gasteiger partial charge in [0.1, 0.15) is 6.61 Å². The highest BCUT2D eigenvalue weighted by atomic mass is 32.1. The molecule has 5 heteroatoms. The van der Waals surface area contributed by atoms with Crippen molar-refractivity contribution in [3.8, 4) is 0 Å². The van der Waals surface area contributed by atoms with Crippen LogP contribution in [0.2, 0.25) is 0 Å². The molecule has 17 heavy (non-hydrogen) atoms. The number of carbonyl (C=O) groups excluding carboxylic acids is 1. The van der Waals surface area contributed by atoms with Gasteiger partial charge in [-0.05, 0) is 20.8 Å². The summed E-state index contributed by atoms with van der Waals surface area (Å²) < 4.78 is 7.37. The number of ketones is 1. The fraction of sp³-hybridized carbons (Fsp3) is 0.500. The Hall–Kier alpha value is -1.20. The van der Waals surface area contributed by atoms with Gasteiger partial charge in [-0.3, -0.25) is 9.20 Å². The molecular weight excluding hydrogens is 236 g/mol. The van der Waals surface area contributed by atoms with Crippen LogP contribution in [0.3, 0.4) is 0 Å². The molecule has 0 fully saturated rings. The maximum absolute atomic E-state index is 11.7. The third-order valence-corrected chi connectivity index (χ3v) is 2.96. The van der Waals surface area contributed by atoms with Crippen LogP contribution in [0.5, 0.6) is 0 Å². The third kappa shape index (κ3) is 3.38. The van der Waals surface area contributed by atoms with Crippen LogP contribution < -0.4 is 0 Å². The smallest absolute Gasteiger partial charge is 0.193 e. The molecule has 0 spiro atoms. The quantitative estimate of drug-likeness (QED) is 0.838. The minimum Gasteiger partial charge on any atom is -0.368 e. The van der Waals surface area contributed by atoms with E-state index < -0.39 is 0 Å². The SMILES string of the molecule is CC(C)(C)OCC(=O)Cc1cn2ccsc2n1. The Balaban J connectivity index is 1.92. The van der Waals surface area contributed by atoms with Gasteiger partial charge in [0.15, 0.2) is 10.7 Å². The summed E-state index contributed by atoms with van der Waals surface area (Å²) in [6.07, 6.45) is 4.16. The van der Waals surface area contributed by atoms with Crippen LogP contribution in [0.4, 0.5) is 0 Å². The topological polar surface area (TPSA) is 43.6 Å². The lowest BCUT2D eigenvalue weighted by Crippen LogP contribution is -2.24. The lowest BCUT2D eigenvalue weighted by molar-refractivity contribution is -0.127. The molecule has 2 aromatic heterocycles. The number of Topliss-reactive ketones (excluding diaryl/α,β-unsaturated/α-hetero) is 1. The molecule has 0 radical (unpaired) electrons. The van der Waals surface area contributed by atoms with Gasteiger partial charge in [-0.15, -0.1) is 11.3 Å². The van der Waals surface area contributed by atoms with E-state index in [4.69, 9.17) is 4.74 Å². The van der Waals surface area contributed by atoms with Crippen LogP contribution in [-0.2, 0) is 16.0 Å². The highest BCUT2D eigenvalue weighted by molar-refractivity contribution is 7.15. The van der Waals surface area contributed by atoms with Gasteiger partial charge in [0.2, 0.25) is 0 Å². The van der Waals surface area contributed by atoms with E-state index in [1.807, 2.05) is 42.9 Å². The standard InChI is InChI=1S/C12H16N2O2S/c1-12(2,3)16-8-10(15)6-9-7-14-4-5-17-11(14)13-9/h4-5,7H,6,8H2,1-3H3. The van der Waals surface area contributed by atoms with Gasteiger partial charge in [-0.2, -0.15) is 0 Å². The molecule has 0 atom stereocenters. The van der Waals surface area contributed by atoms with E-state index in [2.05, 4.69) is 4.98 Å². The Bertz CT molecular complexity index is 493. The Morgan fingerprint density at radius 1 is 1.53 bits per heavy atom. The summed E-state index contributed by atoms with van der Waals surface area (Å²) in [6, 6.07) is 0. The molecule has 0 aliphatic carbocycles. The minimum absolute atomic E-state index is 0.0608. The van der Waals surface area contributed by atoms with Gasteiger partial charge in [0, 0.05) is 17.8 Å². The van der Waals surface area contributed by atoms with E-state index in [0.717, 1.165) is 10.7 Å². The van der Waals surface area contributed by atoms with Crippen LogP contribution in [0.25, 0.3) is 4.96 Å². The van der Waals surface area contributed by atoms with E-state index in [9.17, 15) is 4.79 Å². The molecule has 4 nitrogen and oxygen atoms in total. The summed E-state index contributed by atoms with van der Waals surface area (Å²) in [5.74, 6) is 0.0608. The number of nitrogens with zero attached hydrogens (tertiary/aromatic N) is 2. The molecule has 0 unspecified atom stereocenters. The van der Waals surface area contributed by atoms with Crippen LogP contribution in [-0.4, -0.2) is 27.4 Å². The average Bonchev–Trinajstić information content (AvgIpc) is 2.73. The van der Waals surface area contributed by atoms with Crippen molar-refractivity contribution in [2.45, 2.75) is 32.8 Å². The molecule has 2 heterocycles. The van der Waals surface area contributed by atoms with Crippen molar-refractivity contribution in [1.82, 2.24) is 9.38 Å². The van der Waals surface area contributed by atoms with Gasteiger partial charge >= 0.3 is 0 Å². The summed E-state index contributed by atoms with van der Waals surface area (Å²) in [5.41, 5.74) is 0.531. The lowest BCUT2D eigenvalue weighted by Gasteiger charge is -2.18. The molecule has 0 N–H and O–H groups in total. The monoisotopic (exact) mass is 252 g/mol. The molecule has 0 aliphatic heterocycles. The number of rotatable bonds is 4. The number of fused-ring (bicyclic) bond motifs is 1. The Morgan fingerprint density at radius 3 is 2.94 bits per heavy atom. The van der Waals surface area contributed by atoms with E-state index in [1.54, 1.807) is 11.3 Å². The van der Waals surface area contributed by atoms with E-state index in [-0.39, 0.29) is 18.0 Å². The van der Waals surface area contributed by atoms with E-state index >= 15 is 0 Å². The fourth-order valence-corrected chi connectivity index (χ4v) is 2.13. The first kappa shape index (κ1) is 12.3. The van der Waals surface area contributed by atoms with Crippen molar-refractivity contribution in [2.24, 2.45) is 0 Å². The van der Waals surface area contributed by atoms with Crippen molar-refractivity contribution in [2.75, 3.05) is 6.61 Å². The highest BCUT2D eigenvalue weighted by Gasteiger charge is 2.14. The molecule has 0 bridgehead atoms. The normalized spacial score (nSPS) is 12.2. The second-order valence-electron chi connectivity index (χ2n) is 4.94. The average molecular weight is 252 g/mol. The van der Waals surface area contributed by atoms with Gasteiger partial charge in [-0.1, -0.05) is 0 Å². The summed E-state index contributed by atoms with van der Waals surface area (Å²) in [5, 5.41) is 1.97. The fourth-order valence-electron chi connectivity index (χ4n) is 1.41. The summed E-state index contributed by atoms with van der Waals surface area (Å²) in [7, 11) is 0. The molecule has 2 aromatic rings. The first-order valence-corrected chi connectivity index (χ1v) is 6.39. The Labute approximate surface area is 104 Å². The molecule has 0 saturated carbocycles. The zero-order valence-corrected chi connectivity index (χ0v) is 11.1. The summed E-state index contributed by atoms with van der Waals surface area (Å²) in [4.78, 5) is 17.0. The molecule has 0 aromatic carbocycles. The van der Waals surface area contributed by atoms with Crippen molar-refractivity contribution >= 4 is 22.1 Å². The Kier molecular flexibility index (Phi) is 3.31. The number of aromatic nitrogens is 2. The van der Waals surface area contributed by atoms with Gasteiger partial charge in [0.05, 0.1) is 17.7 Å². The first-order chi connectivity index (χ1) is 7.94. The van der Waals surface area contributed by atoms with Gasteiger partial charge in [0.25, 0.3) is 0 Å². The predicted molar refractivity (Wildman–Crippen MR) is 67.5 cm³/mol. The third-order valence-electron chi connectivity index (χ3n) is 2.19. The maximum Gasteiger partial charge on any atom is 0.193 e. The molecule has 2 rings (SSSR count). The number of carbonyl (C=O) groups is 1. The van der Waals surface area contributed by atoms with Crippen LogP contribution >= 0.6 is 11.3 Å². The predicted octanol–water partition coefficient (Wildman–Crippen LogP) is 2.32. The summed E-state index contributed by atoms with van der Waals surface area (Å²) in [6.45, 7) is 5.96. The van der Waals surface area contributed by atoms with Gasteiger partial charge < -0.3 is 4.74 Å². The zero-order valence-electron chi connectivity index (χ0n) is 10.3. The molecule has 0 aliphatic rings. The largest absolute Gasteiger partial charge is 0.368 e.